The smallest absolute Gasteiger partial charge is 0.119 e. The number of rotatable bonds is 4. The molecule has 0 atom stereocenters. The normalized spacial score (nSPS) is 11.8. The molecule has 0 saturated carbocycles. The minimum atomic E-state index is 0.883. The summed E-state index contributed by atoms with van der Waals surface area (Å²) in [6, 6.07) is 18.3. The molecule has 0 amide bonds. The van der Waals surface area contributed by atoms with Gasteiger partial charge in [0.25, 0.3) is 0 Å². The third kappa shape index (κ3) is 4.14. The van der Waals surface area contributed by atoms with Crippen molar-refractivity contribution in [2.45, 2.75) is 6.92 Å². The van der Waals surface area contributed by atoms with Gasteiger partial charge >= 0.3 is 0 Å². The Hall–Kier alpha value is -2.28. The Balaban J connectivity index is 2.12. The van der Waals surface area contributed by atoms with Crippen LogP contribution in [0, 0.1) is 0 Å². The molecule has 0 aliphatic heterocycles. The summed E-state index contributed by atoms with van der Waals surface area (Å²) in [6.07, 6.45) is 6.38. The van der Waals surface area contributed by atoms with Gasteiger partial charge in [-0.2, -0.15) is 0 Å². The van der Waals surface area contributed by atoms with Crippen LogP contribution in [0.3, 0.4) is 0 Å². The summed E-state index contributed by atoms with van der Waals surface area (Å²) in [5.41, 5.74) is 3.56. The van der Waals surface area contributed by atoms with Gasteiger partial charge in [-0.15, -0.1) is 0 Å². The first kappa shape index (κ1) is 13.2. The molecule has 1 nitrogen and oxygen atoms in total. The minimum Gasteiger partial charge on any atom is -0.497 e. The van der Waals surface area contributed by atoms with Gasteiger partial charge in [0.15, 0.2) is 0 Å². The second kappa shape index (κ2) is 6.60. The molecule has 19 heavy (non-hydrogen) atoms. The number of ether oxygens (including phenoxy) is 1. The Kier molecular flexibility index (Phi) is 4.57. The lowest BCUT2D eigenvalue weighted by Crippen LogP contribution is -1.82. The average Bonchev–Trinajstić information content (AvgIpc) is 2.46. The van der Waals surface area contributed by atoms with Gasteiger partial charge in [0.1, 0.15) is 5.75 Å². The van der Waals surface area contributed by atoms with Crippen molar-refractivity contribution in [1.82, 2.24) is 0 Å². The summed E-state index contributed by atoms with van der Waals surface area (Å²) in [5.74, 6) is 0.883. The molecule has 0 aliphatic carbocycles. The van der Waals surface area contributed by atoms with Crippen LogP contribution in [0.2, 0.25) is 0 Å². The lowest BCUT2D eigenvalue weighted by molar-refractivity contribution is 0.414. The Morgan fingerprint density at radius 2 is 1.68 bits per heavy atom. The Bertz CT molecular complexity index is 580. The fourth-order valence-electron chi connectivity index (χ4n) is 1.83. The van der Waals surface area contributed by atoms with E-state index in [1.165, 1.54) is 11.1 Å². The van der Waals surface area contributed by atoms with Gasteiger partial charge in [-0.1, -0.05) is 66.3 Å². The van der Waals surface area contributed by atoms with E-state index in [1.807, 2.05) is 36.4 Å². The molecule has 0 aromatic heterocycles. The van der Waals surface area contributed by atoms with Crippen molar-refractivity contribution in [1.29, 1.82) is 0 Å². The standard InChI is InChI=1S/C18H18O/c1-15(11-12-16-7-4-3-5-8-16)13-17-9-6-10-18(14-17)19-2/h3-14H,1-2H3/b12-11?,15-13+. The molecule has 96 valence electrons. The van der Waals surface area contributed by atoms with E-state index in [9.17, 15) is 0 Å². The van der Waals surface area contributed by atoms with Gasteiger partial charge in [0, 0.05) is 0 Å². The first-order valence-electron chi connectivity index (χ1n) is 6.33. The maximum atomic E-state index is 5.22. The van der Waals surface area contributed by atoms with Crippen LogP contribution in [0.5, 0.6) is 5.75 Å². The summed E-state index contributed by atoms with van der Waals surface area (Å²) in [4.78, 5) is 0. The number of benzene rings is 2. The molecule has 0 radical (unpaired) electrons. The van der Waals surface area contributed by atoms with Crippen LogP contribution in [0.1, 0.15) is 18.1 Å². The van der Waals surface area contributed by atoms with E-state index in [0.717, 1.165) is 11.3 Å². The lowest BCUT2D eigenvalue weighted by atomic mass is 10.1. The van der Waals surface area contributed by atoms with Crippen LogP contribution >= 0.6 is 0 Å². The van der Waals surface area contributed by atoms with E-state index in [4.69, 9.17) is 4.74 Å². The minimum absolute atomic E-state index is 0.883. The highest BCUT2D eigenvalue weighted by molar-refractivity contribution is 5.61. The highest BCUT2D eigenvalue weighted by Crippen LogP contribution is 2.16. The van der Waals surface area contributed by atoms with Crippen LogP contribution < -0.4 is 4.74 Å². The predicted molar refractivity (Wildman–Crippen MR) is 82.1 cm³/mol. The highest BCUT2D eigenvalue weighted by atomic mass is 16.5. The molecule has 0 saturated heterocycles. The maximum Gasteiger partial charge on any atom is 0.119 e. The summed E-state index contributed by atoms with van der Waals surface area (Å²) in [7, 11) is 1.69. The molecule has 0 aliphatic rings. The molecule has 2 aromatic carbocycles. The zero-order chi connectivity index (χ0) is 13.5. The van der Waals surface area contributed by atoms with Gasteiger partial charge in [0.2, 0.25) is 0 Å². The fourth-order valence-corrected chi connectivity index (χ4v) is 1.83. The third-order valence-corrected chi connectivity index (χ3v) is 2.83. The first-order chi connectivity index (χ1) is 9.28. The van der Waals surface area contributed by atoms with Gasteiger partial charge in [-0.3, -0.25) is 0 Å². The van der Waals surface area contributed by atoms with Crippen molar-refractivity contribution in [3.05, 3.63) is 77.4 Å². The van der Waals surface area contributed by atoms with Crippen LogP contribution in [0.25, 0.3) is 12.2 Å². The van der Waals surface area contributed by atoms with Crippen molar-refractivity contribution in [3.8, 4) is 5.75 Å². The number of hydrogen-bond acceptors (Lipinski definition) is 1. The van der Waals surface area contributed by atoms with Gasteiger partial charge in [-0.25, -0.2) is 0 Å². The van der Waals surface area contributed by atoms with E-state index in [0.29, 0.717) is 0 Å². The van der Waals surface area contributed by atoms with Gasteiger partial charge < -0.3 is 4.74 Å². The van der Waals surface area contributed by atoms with E-state index in [1.54, 1.807) is 7.11 Å². The Morgan fingerprint density at radius 1 is 0.947 bits per heavy atom. The van der Waals surface area contributed by atoms with Gasteiger partial charge in [-0.05, 0) is 30.2 Å². The van der Waals surface area contributed by atoms with Crippen molar-refractivity contribution < 1.29 is 4.74 Å². The molecular formula is C18H18O. The van der Waals surface area contributed by atoms with E-state index in [-0.39, 0.29) is 0 Å². The SMILES string of the molecule is COc1cccc(/C=C(\C)C=Cc2ccccc2)c1. The molecule has 0 fully saturated rings. The monoisotopic (exact) mass is 250 g/mol. The number of hydrogen-bond donors (Lipinski definition) is 0. The van der Waals surface area contributed by atoms with Gasteiger partial charge in [0.05, 0.1) is 7.11 Å². The predicted octanol–water partition coefficient (Wildman–Crippen LogP) is 4.81. The Morgan fingerprint density at radius 3 is 2.42 bits per heavy atom. The van der Waals surface area contributed by atoms with E-state index in [2.05, 4.69) is 43.4 Å². The summed E-state index contributed by atoms with van der Waals surface area (Å²) < 4.78 is 5.22. The topological polar surface area (TPSA) is 9.23 Å². The molecule has 0 heterocycles. The molecule has 1 heteroatoms. The summed E-state index contributed by atoms with van der Waals surface area (Å²) >= 11 is 0. The summed E-state index contributed by atoms with van der Waals surface area (Å²) in [6.45, 7) is 2.10. The van der Waals surface area contributed by atoms with E-state index >= 15 is 0 Å². The number of methoxy groups -OCH3 is 1. The van der Waals surface area contributed by atoms with Crippen molar-refractivity contribution in [2.24, 2.45) is 0 Å². The number of allylic oxidation sites excluding steroid dienone is 2. The zero-order valence-corrected chi connectivity index (χ0v) is 11.3. The molecule has 0 unspecified atom stereocenters. The molecule has 0 spiro atoms. The molecule has 0 N–H and O–H groups in total. The molecule has 2 rings (SSSR count). The van der Waals surface area contributed by atoms with E-state index < -0.39 is 0 Å². The largest absolute Gasteiger partial charge is 0.497 e. The first-order valence-corrected chi connectivity index (χ1v) is 6.33. The molecule has 0 bridgehead atoms. The highest BCUT2D eigenvalue weighted by Gasteiger charge is 1.92. The second-order valence-corrected chi connectivity index (χ2v) is 4.41. The maximum absolute atomic E-state index is 5.22. The summed E-state index contributed by atoms with van der Waals surface area (Å²) in [5, 5.41) is 0. The fraction of sp³-hybridized carbons (Fsp3) is 0.111. The third-order valence-electron chi connectivity index (χ3n) is 2.83. The van der Waals surface area contributed by atoms with Crippen LogP contribution in [-0.4, -0.2) is 7.11 Å². The van der Waals surface area contributed by atoms with Crippen LogP contribution in [0.15, 0.2) is 66.2 Å². The van der Waals surface area contributed by atoms with Crippen molar-refractivity contribution in [3.63, 3.8) is 0 Å². The molecule has 2 aromatic rings. The lowest BCUT2D eigenvalue weighted by Gasteiger charge is -2.01. The quantitative estimate of drug-likeness (QED) is 0.707. The average molecular weight is 250 g/mol. The molecular weight excluding hydrogens is 232 g/mol. The van der Waals surface area contributed by atoms with Crippen molar-refractivity contribution in [2.75, 3.05) is 7.11 Å². The zero-order valence-electron chi connectivity index (χ0n) is 11.3. The van der Waals surface area contributed by atoms with Crippen molar-refractivity contribution >= 4 is 12.2 Å². The Labute approximate surface area is 114 Å². The van der Waals surface area contributed by atoms with Crippen LogP contribution in [0.4, 0.5) is 0 Å². The second-order valence-electron chi connectivity index (χ2n) is 4.41. The van der Waals surface area contributed by atoms with Crippen LogP contribution in [-0.2, 0) is 0 Å².